The van der Waals surface area contributed by atoms with E-state index in [-0.39, 0.29) is 24.8 Å². The van der Waals surface area contributed by atoms with E-state index in [1.807, 2.05) is 0 Å². The van der Waals surface area contributed by atoms with Crippen LogP contribution in [0.2, 0.25) is 0 Å². The van der Waals surface area contributed by atoms with Crippen LogP contribution in [0.15, 0.2) is 0 Å². The van der Waals surface area contributed by atoms with Crippen LogP contribution in [0.25, 0.3) is 0 Å². The van der Waals surface area contributed by atoms with Crippen molar-refractivity contribution in [2.75, 3.05) is 13.1 Å². The molecule has 0 spiro atoms. The topological polar surface area (TPSA) is 61.4 Å². The highest BCUT2D eigenvalue weighted by atomic mass is 19.4. The Morgan fingerprint density at radius 1 is 1.13 bits per heavy atom. The number of hydrogen-bond donors (Lipinski definition) is 2. The van der Waals surface area contributed by atoms with E-state index in [1.165, 1.54) is 0 Å². The van der Waals surface area contributed by atoms with Crippen molar-refractivity contribution in [2.45, 2.75) is 63.7 Å². The fraction of sp³-hybridized carbons (Fsp3) is 0.867. The van der Waals surface area contributed by atoms with Gasteiger partial charge in [-0.25, -0.2) is 4.79 Å². The number of carbonyl (C=O) groups excluding carboxylic acids is 2. The number of hydrogen-bond acceptors (Lipinski definition) is 2. The Morgan fingerprint density at radius 3 is 2.48 bits per heavy atom. The first-order valence-electron chi connectivity index (χ1n) is 8.21. The van der Waals surface area contributed by atoms with Crippen LogP contribution in [-0.2, 0) is 4.79 Å². The second-order valence-electron chi connectivity index (χ2n) is 6.40. The summed E-state index contributed by atoms with van der Waals surface area (Å²) in [5, 5.41) is 5.42. The lowest BCUT2D eigenvalue weighted by Crippen LogP contribution is -2.49. The Labute approximate surface area is 134 Å². The van der Waals surface area contributed by atoms with Gasteiger partial charge in [0.2, 0.25) is 5.91 Å². The quantitative estimate of drug-likeness (QED) is 0.832. The van der Waals surface area contributed by atoms with Crippen molar-refractivity contribution in [1.29, 1.82) is 0 Å². The van der Waals surface area contributed by atoms with Crippen molar-refractivity contribution < 1.29 is 22.8 Å². The summed E-state index contributed by atoms with van der Waals surface area (Å²) in [6.07, 6.45) is -1.96. The highest BCUT2D eigenvalue weighted by Gasteiger charge is 2.42. The van der Waals surface area contributed by atoms with E-state index in [0.717, 1.165) is 0 Å². The number of rotatable bonds is 3. The zero-order valence-electron chi connectivity index (χ0n) is 13.3. The van der Waals surface area contributed by atoms with E-state index >= 15 is 0 Å². The molecule has 1 aliphatic carbocycles. The third kappa shape index (κ3) is 5.00. The summed E-state index contributed by atoms with van der Waals surface area (Å²) in [6.45, 7) is 2.86. The molecular weight excluding hydrogens is 311 g/mol. The lowest BCUT2D eigenvalue weighted by molar-refractivity contribution is -0.183. The van der Waals surface area contributed by atoms with Crippen LogP contribution < -0.4 is 10.6 Å². The van der Waals surface area contributed by atoms with Crippen LogP contribution in [0, 0.1) is 5.92 Å². The third-order valence-electron chi connectivity index (χ3n) is 4.65. The number of nitrogens with one attached hydrogen (secondary N) is 2. The summed E-state index contributed by atoms with van der Waals surface area (Å²) >= 11 is 0. The molecule has 0 bridgehead atoms. The second-order valence-corrected chi connectivity index (χ2v) is 6.40. The molecule has 3 atom stereocenters. The maximum absolute atomic E-state index is 12.8. The van der Waals surface area contributed by atoms with E-state index in [4.69, 9.17) is 0 Å². The first-order valence-corrected chi connectivity index (χ1v) is 8.21. The first kappa shape index (κ1) is 17.9. The highest BCUT2D eigenvalue weighted by molar-refractivity contribution is 5.77. The Balaban J connectivity index is 1.76. The molecule has 0 aromatic carbocycles. The molecule has 2 rings (SSSR count). The third-order valence-corrected chi connectivity index (χ3v) is 4.65. The minimum absolute atomic E-state index is 0.0509. The Morgan fingerprint density at radius 2 is 1.83 bits per heavy atom. The van der Waals surface area contributed by atoms with E-state index in [2.05, 4.69) is 10.6 Å². The molecule has 132 valence electrons. The molecule has 23 heavy (non-hydrogen) atoms. The Kier molecular flexibility index (Phi) is 5.75. The standard InChI is InChI=1S/C15H24F3N3O2/c1-2-13(22)21-7-6-12(9-21)20-14(23)19-11-5-3-4-10(8-11)15(16,17)18/h10-12H,2-9H2,1H3,(H2,19,20,23). The molecule has 2 fully saturated rings. The fourth-order valence-electron chi connectivity index (χ4n) is 3.36. The van der Waals surface area contributed by atoms with E-state index in [0.29, 0.717) is 38.8 Å². The second kappa shape index (κ2) is 7.40. The predicted octanol–water partition coefficient (Wildman–Crippen LogP) is 2.42. The number of nitrogens with zero attached hydrogens (tertiary/aromatic N) is 1. The van der Waals surface area contributed by atoms with Gasteiger partial charge in [0, 0.05) is 31.6 Å². The van der Waals surface area contributed by atoms with Crippen molar-refractivity contribution in [2.24, 2.45) is 5.92 Å². The molecule has 1 saturated carbocycles. The van der Waals surface area contributed by atoms with Gasteiger partial charge >= 0.3 is 12.2 Å². The number of halogens is 3. The molecule has 0 aromatic heterocycles. The van der Waals surface area contributed by atoms with Gasteiger partial charge in [-0.05, 0) is 25.7 Å². The van der Waals surface area contributed by atoms with Crippen LogP contribution in [0.4, 0.5) is 18.0 Å². The monoisotopic (exact) mass is 335 g/mol. The number of alkyl halides is 3. The minimum atomic E-state index is -4.19. The number of amides is 3. The minimum Gasteiger partial charge on any atom is -0.341 e. The summed E-state index contributed by atoms with van der Waals surface area (Å²) < 4.78 is 38.3. The van der Waals surface area contributed by atoms with Gasteiger partial charge in [-0.3, -0.25) is 4.79 Å². The molecular formula is C15H24F3N3O2. The molecule has 2 N–H and O–H groups in total. The SMILES string of the molecule is CCC(=O)N1CCC(NC(=O)NC2CCCC(C(F)(F)F)C2)C1. The van der Waals surface area contributed by atoms with Crippen molar-refractivity contribution in [1.82, 2.24) is 15.5 Å². The van der Waals surface area contributed by atoms with Crippen molar-refractivity contribution in [3.63, 3.8) is 0 Å². The largest absolute Gasteiger partial charge is 0.391 e. The summed E-state index contributed by atoms with van der Waals surface area (Å²) in [5.74, 6) is -1.28. The summed E-state index contributed by atoms with van der Waals surface area (Å²) in [5.41, 5.74) is 0. The van der Waals surface area contributed by atoms with Crippen LogP contribution >= 0.6 is 0 Å². The molecule has 5 nitrogen and oxygen atoms in total. The molecule has 1 heterocycles. The maximum atomic E-state index is 12.8. The van der Waals surface area contributed by atoms with Crippen molar-refractivity contribution in [3.8, 4) is 0 Å². The average Bonchev–Trinajstić information content (AvgIpc) is 2.94. The van der Waals surface area contributed by atoms with Gasteiger partial charge < -0.3 is 15.5 Å². The fourth-order valence-corrected chi connectivity index (χ4v) is 3.36. The number of carbonyl (C=O) groups is 2. The predicted molar refractivity (Wildman–Crippen MR) is 78.7 cm³/mol. The van der Waals surface area contributed by atoms with E-state index < -0.39 is 24.2 Å². The van der Waals surface area contributed by atoms with Crippen LogP contribution in [0.3, 0.4) is 0 Å². The van der Waals surface area contributed by atoms with E-state index in [1.54, 1.807) is 11.8 Å². The normalized spacial score (nSPS) is 28.5. The number of urea groups is 1. The molecule has 8 heteroatoms. The number of likely N-dealkylation sites (tertiary alicyclic amines) is 1. The van der Waals surface area contributed by atoms with E-state index in [9.17, 15) is 22.8 Å². The molecule has 1 saturated heterocycles. The van der Waals surface area contributed by atoms with Gasteiger partial charge in [-0.15, -0.1) is 0 Å². The molecule has 0 aromatic rings. The lowest BCUT2D eigenvalue weighted by Gasteiger charge is -2.31. The Bertz CT molecular complexity index is 442. The smallest absolute Gasteiger partial charge is 0.341 e. The average molecular weight is 335 g/mol. The molecule has 0 radical (unpaired) electrons. The Hall–Kier alpha value is -1.47. The summed E-state index contributed by atoms with van der Waals surface area (Å²) in [4.78, 5) is 25.2. The molecule has 3 unspecified atom stereocenters. The summed E-state index contributed by atoms with van der Waals surface area (Å²) in [7, 11) is 0. The zero-order chi connectivity index (χ0) is 17.0. The van der Waals surface area contributed by atoms with Crippen LogP contribution in [-0.4, -0.2) is 48.2 Å². The van der Waals surface area contributed by atoms with Crippen molar-refractivity contribution in [3.05, 3.63) is 0 Å². The van der Waals surface area contributed by atoms with Gasteiger partial charge in [-0.1, -0.05) is 13.3 Å². The lowest BCUT2D eigenvalue weighted by atomic mass is 9.85. The molecule has 2 aliphatic rings. The van der Waals surface area contributed by atoms with Crippen molar-refractivity contribution >= 4 is 11.9 Å². The molecule has 1 aliphatic heterocycles. The van der Waals surface area contributed by atoms with Gasteiger partial charge in [-0.2, -0.15) is 13.2 Å². The van der Waals surface area contributed by atoms with Gasteiger partial charge in [0.1, 0.15) is 0 Å². The zero-order valence-corrected chi connectivity index (χ0v) is 13.3. The maximum Gasteiger partial charge on any atom is 0.391 e. The first-order chi connectivity index (χ1) is 10.8. The molecule has 3 amide bonds. The van der Waals surface area contributed by atoms with Crippen LogP contribution in [0.5, 0.6) is 0 Å². The summed E-state index contributed by atoms with van der Waals surface area (Å²) in [6, 6.07) is -1.01. The van der Waals surface area contributed by atoms with Gasteiger partial charge in [0.15, 0.2) is 0 Å². The van der Waals surface area contributed by atoms with Gasteiger partial charge in [0.25, 0.3) is 0 Å². The van der Waals surface area contributed by atoms with Crippen LogP contribution in [0.1, 0.15) is 45.4 Å². The van der Waals surface area contributed by atoms with Gasteiger partial charge in [0.05, 0.1) is 5.92 Å². The highest BCUT2D eigenvalue weighted by Crippen LogP contribution is 2.37.